The Morgan fingerprint density at radius 2 is 2.31 bits per heavy atom. The number of ether oxygens (including phenoxy) is 1. The second-order valence-corrected chi connectivity index (χ2v) is 3.76. The van der Waals surface area contributed by atoms with Gasteiger partial charge in [0, 0.05) is 6.54 Å². The number of benzene rings is 1. The molecule has 0 unspecified atom stereocenters. The second-order valence-electron chi connectivity index (χ2n) is 3.35. The predicted octanol–water partition coefficient (Wildman–Crippen LogP) is 1.70. The molecule has 0 spiro atoms. The van der Waals surface area contributed by atoms with E-state index in [9.17, 15) is 4.79 Å². The third-order valence-electron chi connectivity index (χ3n) is 1.90. The molecule has 0 aromatic heterocycles. The molecule has 2 N–H and O–H groups in total. The maximum atomic E-state index is 10.2. The minimum atomic E-state index is -0.881. The monoisotopic (exact) mass is 243 g/mol. The fourth-order valence-corrected chi connectivity index (χ4v) is 1.32. The van der Waals surface area contributed by atoms with Crippen molar-refractivity contribution in [2.24, 2.45) is 0 Å². The first kappa shape index (κ1) is 12.8. The third kappa shape index (κ3) is 4.51. The molecule has 1 rings (SSSR count). The molecule has 0 aliphatic carbocycles. The molecule has 0 heterocycles. The van der Waals surface area contributed by atoms with Crippen LogP contribution in [0.15, 0.2) is 18.2 Å². The van der Waals surface area contributed by atoms with Gasteiger partial charge in [0.1, 0.15) is 12.4 Å². The lowest BCUT2D eigenvalue weighted by Crippen LogP contribution is -2.26. The number of rotatable bonds is 6. The van der Waals surface area contributed by atoms with Gasteiger partial charge in [0.25, 0.3) is 0 Å². The van der Waals surface area contributed by atoms with E-state index in [1.54, 1.807) is 6.07 Å². The van der Waals surface area contributed by atoms with Crippen molar-refractivity contribution in [1.29, 1.82) is 0 Å². The first-order valence-corrected chi connectivity index (χ1v) is 5.29. The van der Waals surface area contributed by atoms with E-state index in [2.05, 4.69) is 5.32 Å². The molecule has 0 fully saturated rings. The van der Waals surface area contributed by atoms with Gasteiger partial charge in [-0.1, -0.05) is 17.7 Å². The molecular weight excluding hydrogens is 230 g/mol. The van der Waals surface area contributed by atoms with Crippen molar-refractivity contribution in [2.75, 3.05) is 19.7 Å². The number of halogens is 1. The predicted molar refractivity (Wildman–Crippen MR) is 62.2 cm³/mol. The van der Waals surface area contributed by atoms with Gasteiger partial charge in [0.05, 0.1) is 11.6 Å². The molecule has 0 bridgehead atoms. The Balaban J connectivity index is 2.31. The van der Waals surface area contributed by atoms with E-state index in [1.807, 2.05) is 19.1 Å². The average molecular weight is 244 g/mol. The zero-order chi connectivity index (χ0) is 12.0. The summed E-state index contributed by atoms with van der Waals surface area (Å²) < 4.78 is 5.41. The highest BCUT2D eigenvalue weighted by atomic mass is 35.5. The van der Waals surface area contributed by atoms with Crippen molar-refractivity contribution >= 4 is 17.6 Å². The highest BCUT2D eigenvalue weighted by molar-refractivity contribution is 6.32. The Morgan fingerprint density at radius 1 is 1.56 bits per heavy atom. The smallest absolute Gasteiger partial charge is 0.317 e. The van der Waals surface area contributed by atoms with Gasteiger partial charge in [-0.15, -0.1) is 0 Å². The minimum absolute atomic E-state index is 0.0646. The Bertz CT molecular complexity index is 368. The van der Waals surface area contributed by atoms with E-state index < -0.39 is 5.97 Å². The zero-order valence-corrected chi connectivity index (χ0v) is 9.75. The van der Waals surface area contributed by atoms with E-state index in [1.165, 1.54) is 0 Å². The van der Waals surface area contributed by atoms with E-state index in [0.29, 0.717) is 23.9 Å². The van der Waals surface area contributed by atoms with E-state index >= 15 is 0 Å². The normalized spacial score (nSPS) is 10.1. The second kappa shape index (κ2) is 6.35. The highest BCUT2D eigenvalue weighted by Gasteiger charge is 2.01. The molecule has 16 heavy (non-hydrogen) atoms. The minimum Gasteiger partial charge on any atom is -0.491 e. The van der Waals surface area contributed by atoms with Crippen LogP contribution in [0, 0.1) is 6.92 Å². The van der Waals surface area contributed by atoms with Gasteiger partial charge in [-0.2, -0.15) is 0 Å². The summed E-state index contributed by atoms with van der Waals surface area (Å²) in [5.74, 6) is -0.257. The quantitative estimate of drug-likeness (QED) is 0.747. The number of hydrogen-bond acceptors (Lipinski definition) is 3. The molecule has 88 valence electrons. The standard InChI is InChI=1S/C11H14ClNO3/c1-8-2-3-9(12)10(6-8)16-5-4-13-7-11(14)15/h2-3,6,13H,4-5,7H2,1H3,(H,14,15). The molecule has 0 atom stereocenters. The topological polar surface area (TPSA) is 58.6 Å². The summed E-state index contributed by atoms with van der Waals surface area (Å²) in [6.07, 6.45) is 0. The van der Waals surface area contributed by atoms with Crippen LogP contribution in [-0.4, -0.2) is 30.8 Å². The van der Waals surface area contributed by atoms with Gasteiger partial charge in [0.15, 0.2) is 0 Å². The molecule has 0 aliphatic heterocycles. The molecule has 0 radical (unpaired) electrons. The van der Waals surface area contributed by atoms with Crippen molar-refractivity contribution in [1.82, 2.24) is 5.32 Å². The van der Waals surface area contributed by atoms with Gasteiger partial charge in [-0.25, -0.2) is 0 Å². The SMILES string of the molecule is Cc1ccc(Cl)c(OCCNCC(=O)O)c1. The van der Waals surface area contributed by atoms with Crippen LogP contribution in [0.2, 0.25) is 5.02 Å². The third-order valence-corrected chi connectivity index (χ3v) is 2.21. The Morgan fingerprint density at radius 3 is 3.00 bits per heavy atom. The highest BCUT2D eigenvalue weighted by Crippen LogP contribution is 2.24. The first-order chi connectivity index (χ1) is 7.59. The van der Waals surface area contributed by atoms with Gasteiger partial charge in [-0.3, -0.25) is 4.79 Å². The number of aryl methyl sites for hydroxylation is 1. The molecule has 1 aromatic rings. The van der Waals surface area contributed by atoms with Gasteiger partial charge in [-0.05, 0) is 24.6 Å². The molecular formula is C11H14ClNO3. The maximum absolute atomic E-state index is 10.2. The van der Waals surface area contributed by atoms with Crippen LogP contribution < -0.4 is 10.1 Å². The number of nitrogens with one attached hydrogen (secondary N) is 1. The van der Waals surface area contributed by atoms with Gasteiger partial charge in [0.2, 0.25) is 0 Å². The largest absolute Gasteiger partial charge is 0.491 e. The van der Waals surface area contributed by atoms with Crippen LogP contribution in [0.25, 0.3) is 0 Å². The molecule has 0 saturated heterocycles. The molecule has 0 amide bonds. The van der Waals surface area contributed by atoms with Crippen LogP contribution in [0.4, 0.5) is 0 Å². The van der Waals surface area contributed by atoms with Crippen molar-refractivity contribution < 1.29 is 14.6 Å². The van der Waals surface area contributed by atoms with E-state index in [0.717, 1.165) is 5.56 Å². The van der Waals surface area contributed by atoms with Crippen LogP contribution in [-0.2, 0) is 4.79 Å². The van der Waals surface area contributed by atoms with Crippen LogP contribution >= 0.6 is 11.6 Å². The molecule has 4 nitrogen and oxygen atoms in total. The van der Waals surface area contributed by atoms with Gasteiger partial charge >= 0.3 is 5.97 Å². The Kier molecular flexibility index (Phi) is 5.08. The summed E-state index contributed by atoms with van der Waals surface area (Å²) >= 11 is 5.92. The Labute approximate surface area is 99.2 Å². The fraction of sp³-hybridized carbons (Fsp3) is 0.364. The lowest BCUT2D eigenvalue weighted by Gasteiger charge is -2.08. The number of carboxylic acids is 1. The van der Waals surface area contributed by atoms with Crippen LogP contribution in [0.1, 0.15) is 5.56 Å². The van der Waals surface area contributed by atoms with Crippen molar-refractivity contribution in [2.45, 2.75) is 6.92 Å². The van der Waals surface area contributed by atoms with Crippen LogP contribution in [0.3, 0.4) is 0 Å². The lowest BCUT2D eigenvalue weighted by atomic mass is 10.2. The van der Waals surface area contributed by atoms with E-state index in [4.69, 9.17) is 21.4 Å². The van der Waals surface area contributed by atoms with Gasteiger partial charge < -0.3 is 15.2 Å². The van der Waals surface area contributed by atoms with Crippen molar-refractivity contribution in [3.63, 3.8) is 0 Å². The van der Waals surface area contributed by atoms with Crippen LogP contribution in [0.5, 0.6) is 5.75 Å². The number of carbonyl (C=O) groups is 1. The summed E-state index contributed by atoms with van der Waals surface area (Å²) in [6, 6.07) is 5.52. The number of carboxylic acid groups (broad SMARTS) is 1. The summed E-state index contributed by atoms with van der Waals surface area (Å²) in [5.41, 5.74) is 1.07. The number of aliphatic carboxylic acids is 1. The summed E-state index contributed by atoms with van der Waals surface area (Å²) in [6.45, 7) is 2.74. The average Bonchev–Trinajstić information content (AvgIpc) is 2.22. The Hall–Kier alpha value is -1.26. The molecule has 5 heteroatoms. The van der Waals surface area contributed by atoms with E-state index in [-0.39, 0.29) is 6.54 Å². The molecule has 0 aliphatic rings. The lowest BCUT2D eigenvalue weighted by molar-refractivity contribution is -0.135. The fourth-order valence-electron chi connectivity index (χ4n) is 1.15. The maximum Gasteiger partial charge on any atom is 0.317 e. The zero-order valence-electron chi connectivity index (χ0n) is 9.00. The summed E-state index contributed by atoms with van der Waals surface area (Å²) in [5, 5.41) is 11.7. The summed E-state index contributed by atoms with van der Waals surface area (Å²) in [7, 11) is 0. The van der Waals surface area contributed by atoms with Crippen molar-refractivity contribution in [3.05, 3.63) is 28.8 Å². The van der Waals surface area contributed by atoms with Crippen molar-refractivity contribution in [3.8, 4) is 5.75 Å². The summed E-state index contributed by atoms with van der Waals surface area (Å²) in [4.78, 5) is 10.2. The number of hydrogen-bond donors (Lipinski definition) is 2. The first-order valence-electron chi connectivity index (χ1n) is 4.91. The molecule has 1 aromatic carbocycles. The molecule has 0 saturated carbocycles.